The molecule has 4 N–H and O–H groups in total. The third-order valence-electron chi connectivity index (χ3n) is 8.65. The Morgan fingerprint density at radius 1 is 0.592 bits per heavy atom. The van der Waals surface area contributed by atoms with Crippen LogP contribution in [0.15, 0.2) is 91.1 Å². The second kappa shape index (κ2) is 17.6. The van der Waals surface area contributed by atoms with Gasteiger partial charge in [-0.1, -0.05) is 114 Å². The van der Waals surface area contributed by atoms with Crippen molar-refractivity contribution < 1.29 is 0 Å². The molecule has 2 aromatic heterocycles. The third-order valence-corrected chi connectivity index (χ3v) is 8.65. The van der Waals surface area contributed by atoms with E-state index in [0.717, 1.165) is 37.0 Å². The lowest BCUT2D eigenvalue weighted by atomic mass is 9.68. The average molecular weight is 659 g/mol. The maximum absolute atomic E-state index is 4.99. The van der Waals surface area contributed by atoms with Crippen LogP contribution in [0, 0.1) is 17.8 Å². The summed E-state index contributed by atoms with van der Waals surface area (Å²) < 4.78 is 0. The van der Waals surface area contributed by atoms with Crippen LogP contribution in [-0.2, 0) is 6.54 Å². The van der Waals surface area contributed by atoms with Crippen LogP contribution in [0.2, 0.25) is 0 Å². The monoisotopic (exact) mass is 658 g/mol. The van der Waals surface area contributed by atoms with Gasteiger partial charge in [0.15, 0.2) is 0 Å². The summed E-state index contributed by atoms with van der Waals surface area (Å²) >= 11 is 0. The smallest absolute Gasteiger partial charge is 0.225 e. The van der Waals surface area contributed by atoms with Crippen LogP contribution < -0.4 is 21.3 Å². The van der Waals surface area contributed by atoms with Crippen molar-refractivity contribution in [3.05, 3.63) is 108 Å². The van der Waals surface area contributed by atoms with Crippen molar-refractivity contribution in [2.75, 3.05) is 40.9 Å². The lowest BCUT2D eigenvalue weighted by Crippen LogP contribution is -2.24. The minimum Gasteiger partial charge on any atom is -0.370 e. The average Bonchev–Trinajstić information content (AvgIpc) is 3.08. The molecule has 258 valence electrons. The Morgan fingerprint density at radius 2 is 1.22 bits per heavy atom. The van der Waals surface area contributed by atoms with E-state index in [0.29, 0.717) is 48.0 Å². The number of nitrogens with zero attached hydrogens (tertiary/aromatic N) is 4. The number of fused-ring (bicyclic) bond motifs is 1. The molecular formula is C41H54N8. The highest BCUT2D eigenvalue weighted by Crippen LogP contribution is 2.48. The Morgan fingerprint density at radius 3 is 1.94 bits per heavy atom. The Labute approximate surface area is 293 Å². The number of rotatable bonds is 14. The van der Waals surface area contributed by atoms with E-state index in [2.05, 4.69) is 152 Å². The molecule has 49 heavy (non-hydrogen) atoms. The predicted octanol–water partition coefficient (Wildman–Crippen LogP) is 9.58. The van der Waals surface area contributed by atoms with Gasteiger partial charge in [0.1, 0.15) is 11.6 Å². The van der Waals surface area contributed by atoms with Crippen molar-refractivity contribution in [2.24, 2.45) is 17.8 Å². The molecule has 1 fully saturated rings. The normalized spacial score (nSPS) is 15.4. The largest absolute Gasteiger partial charge is 0.370 e. The maximum atomic E-state index is 4.99. The van der Waals surface area contributed by atoms with Crippen molar-refractivity contribution in [3.63, 3.8) is 0 Å². The van der Waals surface area contributed by atoms with Crippen molar-refractivity contribution in [1.82, 2.24) is 19.9 Å². The number of hydrogen-bond acceptors (Lipinski definition) is 8. The molecule has 6 rings (SSSR count). The van der Waals surface area contributed by atoms with E-state index in [1.54, 1.807) is 6.20 Å². The van der Waals surface area contributed by atoms with E-state index in [1.165, 1.54) is 34.7 Å². The van der Waals surface area contributed by atoms with Gasteiger partial charge in [-0.25, -0.2) is 9.97 Å². The molecular weight excluding hydrogens is 605 g/mol. The summed E-state index contributed by atoms with van der Waals surface area (Å²) in [4.78, 5) is 18.4. The molecule has 8 nitrogen and oxygen atoms in total. The van der Waals surface area contributed by atoms with Crippen molar-refractivity contribution in [3.8, 4) is 0 Å². The number of anilines is 4. The molecule has 1 saturated carbocycles. The quantitative estimate of drug-likeness (QED) is 0.0936. The van der Waals surface area contributed by atoms with Crippen LogP contribution in [0.25, 0.3) is 10.8 Å². The summed E-state index contributed by atoms with van der Waals surface area (Å²) in [6, 6.07) is 29.9. The first kappa shape index (κ1) is 35.6. The van der Waals surface area contributed by atoms with E-state index < -0.39 is 0 Å². The molecule has 1 aliphatic carbocycles. The fourth-order valence-electron chi connectivity index (χ4n) is 5.85. The van der Waals surface area contributed by atoms with Gasteiger partial charge in [0.05, 0.1) is 5.69 Å². The minimum atomic E-state index is 0.438. The van der Waals surface area contributed by atoms with Gasteiger partial charge in [0, 0.05) is 44.4 Å². The molecule has 0 amide bonds. The van der Waals surface area contributed by atoms with E-state index >= 15 is 0 Å². The highest BCUT2D eigenvalue weighted by atomic mass is 15.1. The molecule has 3 aromatic carbocycles. The first-order chi connectivity index (χ1) is 23.7. The van der Waals surface area contributed by atoms with Crippen LogP contribution in [0.1, 0.15) is 83.0 Å². The first-order valence-electron chi connectivity index (χ1n) is 17.9. The molecule has 0 aliphatic heterocycles. The molecule has 2 heterocycles. The first-order valence-corrected chi connectivity index (χ1v) is 17.9. The van der Waals surface area contributed by atoms with E-state index in [-0.39, 0.29) is 0 Å². The van der Waals surface area contributed by atoms with Gasteiger partial charge in [0.2, 0.25) is 11.9 Å². The molecule has 2 atom stereocenters. The van der Waals surface area contributed by atoms with E-state index in [9.17, 15) is 0 Å². The molecule has 8 heteroatoms. The zero-order chi connectivity index (χ0) is 34.6. The summed E-state index contributed by atoms with van der Waals surface area (Å²) in [6.07, 6.45) is 4.16. The second-order valence-corrected chi connectivity index (χ2v) is 14.3. The van der Waals surface area contributed by atoms with Crippen LogP contribution in [-0.4, -0.2) is 39.6 Å². The fraction of sp³-hybridized carbons (Fsp3) is 0.415. The van der Waals surface area contributed by atoms with Gasteiger partial charge < -0.3 is 21.3 Å². The highest BCUT2D eigenvalue weighted by Gasteiger charge is 2.34. The van der Waals surface area contributed by atoms with Crippen molar-refractivity contribution >= 4 is 34.3 Å². The van der Waals surface area contributed by atoms with Gasteiger partial charge in [-0.05, 0) is 64.5 Å². The van der Waals surface area contributed by atoms with Crippen LogP contribution >= 0.6 is 0 Å². The van der Waals surface area contributed by atoms with Crippen molar-refractivity contribution in [2.45, 2.75) is 72.8 Å². The summed E-state index contributed by atoms with van der Waals surface area (Å²) in [5.74, 6) is 5.92. The number of aromatic nitrogens is 4. The standard InChI is InChI=1S/C29H32N4.C12H22N4/c1-20(2)18-30-28-17-27(26-16-15-25(26)22-9-4-3-5-10-22)32-29(33-28)31-19-23-13-8-12-21-11-6-7-14-24(21)23;1-9(2)7-14-11-5-6-13-12(16-11)15-8-10(3)4/h3-14,17,20,25-26H,15-16,18-19H2,1-2H3,(H2,30,31,32,33);5-6,9-10H,7-8H2,1-4H3,(H2,13,14,15,16). The van der Waals surface area contributed by atoms with Crippen LogP contribution in [0.5, 0.6) is 0 Å². The molecule has 5 aromatic rings. The molecule has 1 aliphatic rings. The Bertz CT molecular complexity index is 1700. The van der Waals surface area contributed by atoms with Gasteiger partial charge in [-0.2, -0.15) is 9.97 Å². The van der Waals surface area contributed by atoms with E-state index in [4.69, 9.17) is 9.97 Å². The zero-order valence-corrected chi connectivity index (χ0v) is 30.1. The Kier molecular flexibility index (Phi) is 12.8. The van der Waals surface area contributed by atoms with Crippen molar-refractivity contribution in [1.29, 1.82) is 0 Å². The lowest BCUT2D eigenvalue weighted by Gasteiger charge is -2.37. The molecule has 0 radical (unpaired) electrons. The minimum absolute atomic E-state index is 0.438. The molecule has 2 unspecified atom stereocenters. The Balaban J connectivity index is 0.000000247. The third kappa shape index (κ3) is 10.6. The number of nitrogens with one attached hydrogen (secondary N) is 4. The Hall–Kier alpha value is -4.72. The van der Waals surface area contributed by atoms with Gasteiger partial charge >= 0.3 is 0 Å². The van der Waals surface area contributed by atoms with Gasteiger partial charge in [-0.3, -0.25) is 0 Å². The van der Waals surface area contributed by atoms with Crippen LogP contribution in [0.4, 0.5) is 23.5 Å². The summed E-state index contributed by atoms with van der Waals surface area (Å²) in [7, 11) is 0. The zero-order valence-electron chi connectivity index (χ0n) is 30.1. The fourth-order valence-corrected chi connectivity index (χ4v) is 5.85. The van der Waals surface area contributed by atoms with Gasteiger partial charge in [-0.15, -0.1) is 0 Å². The SMILES string of the molecule is CC(C)CNc1cc(C2CCC2c2ccccc2)nc(NCc2cccc3ccccc23)n1.CC(C)CNc1ccnc(NCC(C)C)n1. The van der Waals surface area contributed by atoms with Gasteiger partial charge in [0.25, 0.3) is 0 Å². The highest BCUT2D eigenvalue weighted by molar-refractivity contribution is 5.85. The number of benzene rings is 3. The number of hydrogen-bond donors (Lipinski definition) is 4. The summed E-state index contributed by atoms with van der Waals surface area (Å²) in [5, 5.41) is 16.1. The lowest BCUT2D eigenvalue weighted by molar-refractivity contribution is 0.340. The van der Waals surface area contributed by atoms with Crippen LogP contribution in [0.3, 0.4) is 0 Å². The molecule has 0 spiro atoms. The summed E-state index contributed by atoms with van der Waals surface area (Å²) in [6.45, 7) is 16.5. The maximum Gasteiger partial charge on any atom is 0.225 e. The summed E-state index contributed by atoms with van der Waals surface area (Å²) in [5.41, 5.74) is 3.80. The molecule has 0 bridgehead atoms. The second-order valence-electron chi connectivity index (χ2n) is 14.3. The van der Waals surface area contributed by atoms with E-state index in [1.807, 2.05) is 6.07 Å². The predicted molar refractivity (Wildman–Crippen MR) is 206 cm³/mol. The topological polar surface area (TPSA) is 99.7 Å². The molecule has 0 saturated heterocycles.